The van der Waals surface area contributed by atoms with Crippen LogP contribution in [0.5, 0.6) is 0 Å². The summed E-state index contributed by atoms with van der Waals surface area (Å²) in [6, 6.07) is 1.73. The Labute approximate surface area is 60.5 Å². The number of rotatable bonds is 0. The average Bonchev–Trinajstić information content (AvgIpc) is 1.80. The van der Waals surface area contributed by atoms with Gasteiger partial charge < -0.3 is 0 Å². The van der Waals surface area contributed by atoms with Gasteiger partial charge in [0.25, 0.3) is 0 Å². The van der Waals surface area contributed by atoms with E-state index in [4.69, 9.17) is 19.4 Å². The van der Waals surface area contributed by atoms with Crippen molar-refractivity contribution in [3.05, 3.63) is 23.0 Å². The molecule has 0 fully saturated rings. The van der Waals surface area contributed by atoms with Crippen molar-refractivity contribution >= 4 is 24.9 Å². The highest BCUT2D eigenvalue weighted by Gasteiger charge is 1.91. The predicted octanol–water partition coefficient (Wildman–Crippen LogP) is 0.837. The highest BCUT2D eigenvalue weighted by atomic mass is 35.5. The van der Waals surface area contributed by atoms with Gasteiger partial charge in [0.1, 0.15) is 13.0 Å². The zero-order chi connectivity index (χ0) is 6.85. The van der Waals surface area contributed by atoms with Crippen LogP contribution >= 0.6 is 11.6 Å². The molecule has 0 bridgehead atoms. The van der Waals surface area contributed by atoms with Crippen LogP contribution in [0, 0.1) is 6.92 Å². The van der Waals surface area contributed by atoms with Crippen molar-refractivity contribution in [2.45, 2.75) is 6.92 Å². The van der Waals surface area contributed by atoms with Crippen LogP contribution in [0.25, 0.3) is 0 Å². The summed E-state index contributed by atoms with van der Waals surface area (Å²) in [5.74, 6) is 0. The first-order valence-electron chi connectivity index (χ1n) is 2.58. The quantitative estimate of drug-likeness (QED) is 0.381. The number of aryl methyl sites for hydroxylation is 1. The summed E-state index contributed by atoms with van der Waals surface area (Å²) in [4.78, 5) is 3.78. The average molecular weight is 137 g/mol. The van der Waals surface area contributed by atoms with Crippen molar-refractivity contribution in [1.82, 2.24) is 4.98 Å². The first kappa shape index (κ1) is 6.62. The minimum Gasteiger partial charge on any atom is -0.245 e. The van der Waals surface area contributed by atoms with E-state index in [1.807, 2.05) is 6.92 Å². The first-order valence-corrected chi connectivity index (χ1v) is 2.95. The molecule has 44 valence electrons. The molecule has 1 nitrogen and oxygen atoms in total. The van der Waals surface area contributed by atoms with Crippen LogP contribution in [0.15, 0.2) is 12.3 Å². The Morgan fingerprint density at radius 1 is 1.67 bits per heavy atom. The molecule has 0 saturated carbocycles. The SMILES string of the molecule is [B]c1cnc(Cl)cc1C. The molecule has 0 aromatic carbocycles. The van der Waals surface area contributed by atoms with Crippen LogP contribution in [0.3, 0.4) is 0 Å². The van der Waals surface area contributed by atoms with Gasteiger partial charge in [0.2, 0.25) is 0 Å². The van der Waals surface area contributed by atoms with Crippen molar-refractivity contribution in [1.29, 1.82) is 0 Å². The number of pyridine rings is 1. The van der Waals surface area contributed by atoms with E-state index in [9.17, 15) is 0 Å². The van der Waals surface area contributed by atoms with Crippen molar-refractivity contribution in [2.75, 3.05) is 0 Å². The minimum absolute atomic E-state index is 0.488. The Kier molecular flexibility index (Phi) is 1.77. The van der Waals surface area contributed by atoms with Gasteiger partial charge in [-0.2, -0.15) is 0 Å². The van der Waals surface area contributed by atoms with Crippen molar-refractivity contribution in [2.24, 2.45) is 0 Å². The lowest BCUT2D eigenvalue weighted by Crippen LogP contribution is -2.07. The van der Waals surface area contributed by atoms with Gasteiger partial charge in [-0.05, 0) is 13.0 Å². The Morgan fingerprint density at radius 3 is 2.78 bits per heavy atom. The van der Waals surface area contributed by atoms with E-state index in [2.05, 4.69) is 4.98 Å². The maximum atomic E-state index is 5.55. The molecule has 1 aromatic heterocycles. The Bertz CT molecular complexity index is 224. The highest BCUT2D eigenvalue weighted by molar-refractivity contribution is 6.34. The van der Waals surface area contributed by atoms with E-state index in [0.717, 1.165) is 5.56 Å². The molecule has 0 aliphatic rings. The topological polar surface area (TPSA) is 12.9 Å². The largest absolute Gasteiger partial charge is 0.245 e. The van der Waals surface area contributed by atoms with Crippen LogP contribution in [0.1, 0.15) is 5.56 Å². The van der Waals surface area contributed by atoms with Crippen LogP contribution in [0.2, 0.25) is 5.15 Å². The molecule has 1 aromatic rings. The maximum absolute atomic E-state index is 5.55. The monoisotopic (exact) mass is 137 g/mol. The molecule has 0 saturated heterocycles. The number of hydrogen-bond acceptors (Lipinski definition) is 1. The Balaban J connectivity index is 3.17. The second-order valence-corrected chi connectivity index (χ2v) is 2.25. The smallest absolute Gasteiger partial charge is 0.129 e. The molecule has 0 spiro atoms. The molecule has 0 N–H and O–H groups in total. The summed E-state index contributed by atoms with van der Waals surface area (Å²) >= 11 is 5.55. The molecule has 0 unspecified atom stereocenters. The number of aromatic nitrogens is 1. The molecule has 1 rings (SSSR count). The first-order chi connectivity index (χ1) is 4.20. The second kappa shape index (κ2) is 2.40. The summed E-state index contributed by atoms with van der Waals surface area (Å²) in [6.07, 6.45) is 1.55. The third-order valence-electron chi connectivity index (χ3n) is 1.12. The van der Waals surface area contributed by atoms with E-state index in [-0.39, 0.29) is 0 Å². The van der Waals surface area contributed by atoms with Crippen LogP contribution in [-0.4, -0.2) is 12.8 Å². The van der Waals surface area contributed by atoms with Gasteiger partial charge in [-0.1, -0.05) is 22.6 Å². The van der Waals surface area contributed by atoms with Gasteiger partial charge in [-0.25, -0.2) is 4.98 Å². The molecular formula is C6H5BClN. The van der Waals surface area contributed by atoms with Crippen molar-refractivity contribution in [3.63, 3.8) is 0 Å². The van der Waals surface area contributed by atoms with Crippen LogP contribution in [0.4, 0.5) is 0 Å². The van der Waals surface area contributed by atoms with Gasteiger partial charge >= 0.3 is 0 Å². The Morgan fingerprint density at radius 2 is 2.33 bits per heavy atom. The lowest BCUT2D eigenvalue weighted by atomic mass is 9.94. The zero-order valence-electron chi connectivity index (χ0n) is 5.06. The van der Waals surface area contributed by atoms with Crippen LogP contribution < -0.4 is 5.46 Å². The van der Waals surface area contributed by atoms with E-state index < -0.39 is 0 Å². The van der Waals surface area contributed by atoms with E-state index in [1.54, 1.807) is 12.3 Å². The zero-order valence-corrected chi connectivity index (χ0v) is 5.81. The number of halogens is 1. The van der Waals surface area contributed by atoms with Gasteiger partial charge in [-0.3, -0.25) is 0 Å². The molecule has 0 atom stereocenters. The molecule has 1 heterocycles. The standard InChI is InChI=1S/C6H5BClN/c1-4-2-6(8)9-3-5(4)7/h2-3H,1H3. The summed E-state index contributed by atoms with van der Waals surface area (Å²) in [5.41, 5.74) is 1.65. The van der Waals surface area contributed by atoms with Gasteiger partial charge in [0, 0.05) is 6.20 Å². The van der Waals surface area contributed by atoms with E-state index >= 15 is 0 Å². The van der Waals surface area contributed by atoms with Crippen molar-refractivity contribution in [3.8, 4) is 0 Å². The third-order valence-corrected chi connectivity index (χ3v) is 1.32. The normalized spacial score (nSPS) is 9.56. The molecule has 0 amide bonds. The molecule has 0 aliphatic heterocycles. The third kappa shape index (κ3) is 1.45. The van der Waals surface area contributed by atoms with Crippen LogP contribution in [-0.2, 0) is 0 Å². The molecule has 2 radical (unpaired) electrons. The van der Waals surface area contributed by atoms with E-state index in [1.165, 1.54) is 0 Å². The molecule has 0 aliphatic carbocycles. The predicted molar refractivity (Wildman–Crippen MR) is 39.4 cm³/mol. The lowest BCUT2D eigenvalue weighted by molar-refractivity contribution is 1.31. The summed E-state index contributed by atoms with van der Waals surface area (Å²) in [5, 5.41) is 0.488. The Hall–Kier alpha value is -0.495. The summed E-state index contributed by atoms with van der Waals surface area (Å²) < 4.78 is 0. The summed E-state index contributed by atoms with van der Waals surface area (Å²) in [7, 11) is 5.47. The van der Waals surface area contributed by atoms with Crippen molar-refractivity contribution < 1.29 is 0 Å². The molecule has 9 heavy (non-hydrogen) atoms. The number of hydrogen-bond donors (Lipinski definition) is 0. The lowest BCUT2D eigenvalue weighted by Gasteiger charge is -1.96. The fourth-order valence-corrected chi connectivity index (χ4v) is 0.745. The fraction of sp³-hybridized carbons (Fsp3) is 0.167. The molecular weight excluding hydrogens is 132 g/mol. The fourth-order valence-electron chi connectivity index (χ4n) is 0.532. The maximum Gasteiger partial charge on any atom is 0.129 e. The van der Waals surface area contributed by atoms with Gasteiger partial charge in [0.15, 0.2) is 0 Å². The van der Waals surface area contributed by atoms with Gasteiger partial charge in [0.05, 0.1) is 0 Å². The summed E-state index contributed by atoms with van der Waals surface area (Å²) in [6.45, 7) is 1.89. The highest BCUT2D eigenvalue weighted by Crippen LogP contribution is 2.02. The number of nitrogens with zero attached hydrogens (tertiary/aromatic N) is 1. The molecule has 3 heteroatoms. The van der Waals surface area contributed by atoms with Gasteiger partial charge in [-0.15, -0.1) is 0 Å². The minimum atomic E-state index is 0.488. The van der Waals surface area contributed by atoms with E-state index in [0.29, 0.717) is 10.6 Å². The second-order valence-electron chi connectivity index (χ2n) is 1.86.